The van der Waals surface area contributed by atoms with Crippen molar-refractivity contribution in [3.63, 3.8) is 0 Å². The van der Waals surface area contributed by atoms with Crippen LogP contribution in [0.15, 0.2) is 24.3 Å². The van der Waals surface area contributed by atoms with Crippen LogP contribution in [0.4, 0.5) is 5.69 Å². The van der Waals surface area contributed by atoms with E-state index in [0.717, 1.165) is 12.3 Å². The van der Waals surface area contributed by atoms with E-state index in [-0.39, 0.29) is 5.41 Å². The van der Waals surface area contributed by atoms with Gasteiger partial charge in [-0.15, -0.1) is 0 Å². The van der Waals surface area contributed by atoms with Gasteiger partial charge >= 0.3 is 0 Å². The molecular formula is C13H21NS. The first-order valence-corrected chi connectivity index (χ1v) is 6.77. The Kier molecular flexibility index (Phi) is 4.52. The molecule has 0 saturated carbocycles. The molecule has 1 aromatic carbocycles. The summed E-state index contributed by atoms with van der Waals surface area (Å²) in [5.74, 6) is 1.15. The van der Waals surface area contributed by atoms with Gasteiger partial charge in [0.15, 0.2) is 0 Å². The molecule has 0 heterocycles. The lowest BCUT2D eigenvalue weighted by atomic mass is 9.87. The monoisotopic (exact) mass is 223 g/mol. The van der Waals surface area contributed by atoms with E-state index in [9.17, 15) is 0 Å². The van der Waals surface area contributed by atoms with Gasteiger partial charge in [0, 0.05) is 18.0 Å². The molecule has 0 aliphatic carbocycles. The molecule has 0 fully saturated rings. The van der Waals surface area contributed by atoms with Gasteiger partial charge in [-0.1, -0.05) is 32.9 Å². The highest BCUT2D eigenvalue weighted by Gasteiger charge is 2.12. The molecule has 15 heavy (non-hydrogen) atoms. The highest BCUT2D eigenvalue weighted by atomic mass is 32.2. The molecule has 0 aliphatic rings. The summed E-state index contributed by atoms with van der Waals surface area (Å²) in [5, 5.41) is 3.40. The van der Waals surface area contributed by atoms with Gasteiger partial charge in [0.25, 0.3) is 0 Å². The Morgan fingerprint density at radius 3 is 2.20 bits per heavy atom. The summed E-state index contributed by atoms with van der Waals surface area (Å²) in [6.45, 7) is 7.76. The highest BCUT2D eigenvalue weighted by molar-refractivity contribution is 7.98. The fourth-order valence-electron chi connectivity index (χ4n) is 1.39. The first-order chi connectivity index (χ1) is 7.04. The number of thioether (sulfide) groups is 1. The summed E-state index contributed by atoms with van der Waals surface area (Å²) in [7, 11) is 0. The summed E-state index contributed by atoms with van der Waals surface area (Å²) in [5.41, 5.74) is 2.85. The van der Waals surface area contributed by atoms with Crippen LogP contribution in [0.1, 0.15) is 26.3 Å². The van der Waals surface area contributed by atoms with E-state index < -0.39 is 0 Å². The second-order valence-electron chi connectivity index (χ2n) is 4.75. The summed E-state index contributed by atoms with van der Waals surface area (Å²) < 4.78 is 0. The maximum absolute atomic E-state index is 3.40. The minimum absolute atomic E-state index is 0.248. The third-order valence-electron chi connectivity index (χ3n) is 2.39. The zero-order chi connectivity index (χ0) is 11.3. The van der Waals surface area contributed by atoms with Crippen molar-refractivity contribution in [2.45, 2.75) is 26.2 Å². The van der Waals surface area contributed by atoms with Gasteiger partial charge < -0.3 is 5.32 Å². The fraction of sp³-hybridized carbons (Fsp3) is 0.538. The quantitative estimate of drug-likeness (QED) is 0.780. The topological polar surface area (TPSA) is 12.0 Å². The minimum Gasteiger partial charge on any atom is -0.384 e. The molecule has 1 N–H and O–H groups in total. The Morgan fingerprint density at radius 1 is 1.13 bits per heavy atom. The molecule has 2 heteroatoms. The number of rotatable bonds is 4. The van der Waals surface area contributed by atoms with E-state index in [2.05, 4.69) is 56.6 Å². The van der Waals surface area contributed by atoms with Crippen molar-refractivity contribution in [1.82, 2.24) is 0 Å². The molecule has 0 aromatic heterocycles. The van der Waals surface area contributed by atoms with E-state index in [1.165, 1.54) is 11.3 Å². The Balaban J connectivity index is 2.57. The highest BCUT2D eigenvalue weighted by Crippen LogP contribution is 2.23. The smallest absolute Gasteiger partial charge is 0.0340 e. The number of nitrogens with one attached hydrogen (secondary N) is 1. The van der Waals surface area contributed by atoms with Crippen LogP contribution in [0.5, 0.6) is 0 Å². The molecule has 1 rings (SSSR count). The predicted molar refractivity (Wildman–Crippen MR) is 72.0 cm³/mol. The van der Waals surface area contributed by atoms with E-state index in [1.807, 2.05) is 11.8 Å². The van der Waals surface area contributed by atoms with E-state index in [1.54, 1.807) is 0 Å². The van der Waals surface area contributed by atoms with E-state index in [4.69, 9.17) is 0 Å². The Hall–Kier alpha value is -0.630. The molecule has 1 aromatic rings. The number of anilines is 1. The molecule has 0 radical (unpaired) electrons. The molecule has 1 nitrogen and oxygen atoms in total. The van der Waals surface area contributed by atoms with Crippen LogP contribution in [-0.2, 0) is 5.41 Å². The van der Waals surface area contributed by atoms with Crippen LogP contribution < -0.4 is 5.32 Å². The lowest BCUT2D eigenvalue weighted by molar-refractivity contribution is 0.590. The minimum atomic E-state index is 0.248. The van der Waals surface area contributed by atoms with Crippen LogP contribution >= 0.6 is 11.8 Å². The van der Waals surface area contributed by atoms with Crippen LogP contribution in [0.3, 0.4) is 0 Å². The molecule has 0 saturated heterocycles. The van der Waals surface area contributed by atoms with Crippen molar-refractivity contribution in [1.29, 1.82) is 0 Å². The van der Waals surface area contributed by atoms with Crippen molar-refractivity contribution in [2.75, 3.05) is 23.9 Å². The van der Waals surface area contributed by atoms with Gasteiger partial charge in [-0.25, -0.2) is 0 Å². The second kappa shape index (κ2) is 5.45. The van der Waals surface area contributed by atoms with E-state index >= 15 is 0 Å². The van der Waals surface area contributed by atoms with Crippen molar-refractivity contribution < 1.29 is 0 Å². The maximum Gasteiger partial charge on any atom is 0.0340 e. The number of benzene rings is 1. The molecule has 0 unspecified atom stereocenters. The average Bonchev–Trinajstić information content (AvgIpc) is 2.18. The van der Waals surface area contributed by atoms with Gasteiger partial charge in [0.1, 0.15) is 0 Å². The predicted octanol–water partition coefficient (Wildman–Crippen LogP) is 3.76. The van der Waals surface area contributed by atoms with Crippen LogP contribution in [-0.4, -0.2) is 18.6 Å². The van der Waals surface area contributed by atoms with Crippen molar-refractivity contribution >= 4 is 17.4 Å². The van der Waals surface area contributed by atoms with Crippen molar-refractivity contribution in [3.8, 4) is 0 Å². The van der Waals surface area contributed by atoms with Crippen LogP contribution in [0.2, 0.25) is 0 Å². The first-order valence-electron chi connectivity index (χ1n) is 5.37. The second-order valence-corrected chi connectivity index (χ2v) is 5.73. The van der Waals surface area contributed by atoms with Crippen molar-refractivity contribution in [2.24, 2.45) is 0 Å². The lowest BCUT2D eigenvalue weighted by Gasteiger charge is -2.19. The third kappa shape index (κ3) is 4.17. The standard InChI is InChI=1S/C13H21NS/c1-13(2,3)11-5-7-12(8-6-11)14-9-10-15-4/h5-8,14H,9-10H2,1-4H3. The zero-order valence-electron chi connectivity index (χ0n) is 10.1. The fourth-order valence-corrected chi connectivity index (χ4v) is 1.69. The van der Waals surface area contributed by atoms with Gasteiger partial charge in [-0.3, -0.25) is 0 Å². The van der Waals surface area contributed by atoms with Gasteiger partial charge in [0.2, 0.25) is 0 Å². The number of hydrogen-bond donors (Lipinski definition) is 1. The van der Waals surface area contributed by atoms with Gasteiger partial charge in [0.05, 0.1) is 0 Å². The van der Waals surface area contributed by atoms with Crippen LogP contribution in [0.25, 0.3) is 0 Å². The molecule has 0 bridgehead atoms. The maximum atomic E-state index is 3.40. The Labute approximate surface area is 97.7 Å². The zero-order valence-corrected chi connectivity index (χ0v) is 10.9. The lowest BCUT2D eigenvalue weighted by Crippen LogP contribution is -2.11. The normalized spacial score (nSPS) is 11.5. The van der Waals surface area contributed by atoms with Crippen molar-refractivity contribution in [3.05, 3.63) is 29.8 Å². The largest absolute Gasteiger partial charge is 0.384 e. The summed E-state index contributed by atoms with van der Waals surface area (Å²) in [4.78, 5) is 0. The Bertz CT molecular complexity index is 284. The Morgan fingerprint density at radius 2 is 1.73 bits per heavy atom. The van der Waals surface area contributed by atoms with Gasteiger partial charge in [-0.2, -0.15) is 11.8 Å². The van der Waals surface area contributed by atoms with Crippen LogP contribution in [0, 0.1) is 0 Å². The summed E-state index contributed by atoms with van der Waals surface area (Å²) in [6.07, 6.45) is 2.13. The summed E-state index contributed by atoms with van der Waals surface area (Å²) in [6, 6.07) is 8.75. The molecule has 84 valence electrons. The molecule has 0 atom stereocenters. The first kappa shape index (κ1) is 12.4. The third-order valence-corrected chi connectivity index (χ3v) is 3.00. The SMILES string of the molecule is CSCCNc1ccc(C(C)(C)C)cc1. The molecule has 0 amide bonds. The number of hydrogen-bond acceptors (Lipinski definition) is 2. The molecular weight excluding hydrogens is 202 g/mol. The average molecular weight is 223 g/mol. The van der Waals surface area contributed by atoms with E-state index in [0.29, 0.717) is 0 Å². The molecule has 0 aliphatic heterocycles. The van der Waals surface area contributed by atoms with Gasteiger partial charge in [-0.05, 0) is 29.4 Å². The summed E-state index contributed by atoms with van der Waals surface area (Å²) >= 11 is 1.87. The molecule has 0 spiro atoms.